The Morgan fingerprint density at radius 1 is 1.25 bits per heavy atom. The SMILES string of the molecule is CCN(CC)S(=O)(=O)c1cccc(-c2nnc(SCC(=O)NCCOC)n2CC(C)C)c1. The molecule has 0 saturated heterocycles. The molecule has 1 aromatic heterocycles. The van der Waals surface area contributed by atoms with E-state index >= 15 is 0 Å². The van der Waals surface area contributed by atoms with Crippen LogP contribution in [0.4, 0.5) is 0 Å². The zero-order valence-corrected chi connectivity index (χ0v) is 21.0. The van der Waals surface area contributed by atoms with Crippen molar-refractivity contribution in [2.24, 2.45) is 5.92 Å². The summed E-state index contributed by atoms with van der Waals surface area (Å²) in [6.07, 6.45) is 0. The van der Waals surface area contributed by atoms with Crippen LogP contribution in [0, 0.1) is 5.92 Å². The molecule has 0 spiro atoms. The monoisotopic (exact) mass is 483 g/mol. The topological polar surface area (TPSA) is 106 Å². The van der Waals surface area contributed by atoms with Crippen molar-refractivity contribution < 1.29 is 17.9 Å². The molecule has 0 saturated carbocycles. The fourth-order valence-corrected chi connectivity index (χ4v) is 5.40. The molecule has 0 aliphatic rings. The first-order valence-electron chi connectivity index (χ1n) is 10.7. The summed E-state index contributed by atoms with van der Waals surface area (Å²) in [5.41, 5.74) is 0.669. The van der Waals surface area contributed by atoms with Gasteiger partial charge in [-0.1, -0.05) is 51.6 Å². The fraction of sp³-hybridized carbons (Fsp3) is 0.571. The van der Waals surface area contributed by atoms with Gasteiger partial charge in [0.25, 0.3) is 0 Å². The average Bonchev–Trinajstić information content (AvgIpc) is 3.15. The van der Waals surface area contributed by atoms with Crippen LogP contribution in [-0.2, 0) is 26.1 Å². The van der Waals surface area contributed by atoms with E-state index in [0.29, 0.717) is 55.2 Å². The molecule has 1 heterocycles. The predicted molar refractivity (Wildman–Crippen MR) is 126 cm³/mol. The van der Waals surface area contributed by atoms with Crippen LogP contribution in [0.5, 0.6) is 0 Å². The number of carbonyl (C=O) groups excluding carboxylic acids is 1. The number of nitrogens with zero attached hydrogens (tertiary/aromatic N) is 4. The van der Waals surface area contributed by atoms with Crippen LogP contribution in [0.3, 0.4) is 0 Å². The highest BCUT2D eigenvalue weighted by molar-refractivity contribution is 7.99. The van der Waals surface area contributed by atoms with Gasteiger partial charge in [0.05, 0.1) is 17.3 Å². The number of ether oxygens (including phenoxy) is 1. The number of methoxy groups -OCH3 is 1. The van der Waals surface area contributed by atoms with E-state index in [1.54, 1.807) is 25.3 Å². The molecule has 0 bridgehead atoms. The van der Waals surface area contributed by atoms with Gasteiger partial charge in [-0.05, 0) is 18.1 Å². The van der Waals surface area contributed by atoms with Crippen LogP contribution < -0.4 is 5.32 Å². The maximum Gasteiger partial charge on any atom is 0.243 e. The smallest absolute Gasteiger partial charge is 0.243 e. The van der Waals surface area contributed by atoms with E-state index in [0.717, 1.165) is 0 Å². The van der Waals surface area contributed by atoms with Crippen molar-refractivity contribution in [3.8, 4) is 11.4 Å². The number of benzene rings is 1. The minimum absolute atomic E-state index is 0.111. The van der Waals surface area contributed by atoms with Gasteiger partial charge >= 0.3 is 0 Å². The third kappa shape index (κ3) is 6.77. The third-order valence-corrected chi connectivity index (χ3v) is 7.67. The number of sulfonamides is 1. The van der Waals surface area contributed by atoms with Gasteiger partial charge in [0.15, 0.2) is 11.0 Å². The van der Waals surface area contributed by atoms with E-state index in [1.165, 1.54) is 16.1 Å². The van der Waals surface area contributed by atoms with E-state index in [-0.39, 0.29) is 16.6 Å². The Morgan fingerprint density at radius 2 is 1.97 bits per heavy atom. The van der Waals surface area contributed by atoms with Crippen LogP contribution in [0.1, 0.15) is 27.7 Å². The standard InChI is InChI=1S/C21H33N5O4S2/c1-6-25(7-2)32(28,29)18-10-8-9-17(13-18)20-23-24-21(26(20)14-16(3)4)31-15-19(27)22-11-12-30-5/h8-10,13,16H,6-7,11-12,14-15H2,1-5H3,(H,22,27). The van der Waals surface area contributed by atoms with Gasteiger partial charge < -0.3 is 14.6 Å². The Hall–Kier alpha value is -1.95. The summed E-state index contributed by atoms with van der Waals surface area (Å²) in [7, 11) is -2.00. The molecule has 1 aromatic carbocycles. The van der Waals surface area contributed by atoms with Gasteiger partial charge in [-0.2, -0.15) is 4.31 Å². The van der Waals surface area contributed by atoms with E-state index in [1.807, 2.05) is 24.5 Å². The van der Waals surface area contributed by atoms with E-state index in [4.69, 9.17) is 4.74 Å². The number of carbonyl (C=O) groups is 1. The molecule has 1 N–H and O–H groups in total. The van der Waals surface area contributed by atoms with Crippen molar-refractivity contribution in [3.05, 3.63) is 24.3 Å². The van der Waals surface area contributed by atoms with Crippen molar-refractivity contribution >= 4 is 27.7 Å². The second kappa shape index (κ2) is 12.3. The van der Waals surface area contributed by atoms with Gasteiger partial charge in [-0.3, -0.25) is 4.79 Å². The minimum Gasteiger partial charge on any atom is -0.383 e. The van der Waals surface area contributed by atoms with Crippen molar-refractivity contribution in [2.45, 2.75) is 44.3 Å². The first kappa shape index (κ1) is 26.3. The second-order valence-electron chi connectivity index (χ2n) is 7.56. The number of aromatic nitrogens is 3. The first-order valence-corrected chi connectivity index (χ1v) is 13.1. The van der Waals surface area contributed by atoms with Gasteiger partial charge in [0, 0.05) is 38.9 Å². The summed E-state index contributed by atoms with van der Waals surface area (Å²) in [4.78, 5) is 12.3. The number of hydrogen-bond acceptors (Lipinski definition) is 7. The molecule has 0 fully saturated rings. The summed E-state index contributed by atoms with van der Waals surface area (Å²) in [5.74, 6) is 0.982. The molecule has 0 aliphatic carbocycles. The first-order chi connectivity index (χ1) is 15.2. The number of hydrogen-bond donors (Lipinski definition) is 1. The summed E-state index contributed by atoms with van der Waals surface area (Å²) < 4.78 is 34.2. The van der Waals surface area contributed by atoms with Crippen molar-refractivity contribution in [1.82, 2.24) is 24.4 Å². The average molecular weight is 484 g/mol. The molecule has 32 heavy (non-hydrogen) atoms. The van der Waals surface area contributed by atoms with Crippen LogP contribution in [0.15, 0.2) is 34.3 Å². The Morgan fingerprint density at radius 3 is 2.59 bits per heavy atom. The Labute approximate surface area is 195 Å². The highest BCUT2D eigenvalue weighted by Gasteiger charge is 2.23. The maximum absolute atomic E-state index is 13.0. The quantitative estimate of drug-likeness (QED) is 0.345. The van der Waals surface area contributed by atoms with Gasteiger partial charge in [-0.15, -0.1) is 10.2 Å². The summed E-state index contributed by atoms with van der Waals surface area (Å²) in [6, 6.07) is 6.78. The van der Waals surface area contributed by atoms with E-state index < -0.39 is 10.0 Å². The molecule has 9 nitrogen and oxygen atoms in total. The number of nitrogens with one attached hydrogen (secondary N) is 1. The summed E-state index contributed by atoms with van der Waals surface area (Å²) in [6.45, 7) is 10.2. The van der Waals surface area contributed by atoms with Crippen LogP contribution >= 0.6 is 11.8 Å². The van der Waals surface area contributed by atoms with Gasteiger partial charge in [-0.25, -0.2) is 8.42 Å². The molecule has 11 heteroatoms. The molecule has 0 aliphatic heterocycles. The molecule has 0 atom stereocenters. The normalized spacial score (nSPS) is 12.0. The molecule has 2 aromatic rings. The fourth-order valence-electron chi connectivity index (χ4n) is 3.12. The lowest BCUT2D eigenvalue weighted by atomic mass is 10.2. The summed E-state index contributed by atoms with van der Waals surface area (Å²) >= 11 is 1.30. The zero-order valence-electron chi connectivity index (χ0n) is 19.4. The van der Waals surface area contributed by atoms with Crippen LogP contribution in [-0.4, -0.2) is 72.5 Å². The van der Waals surface area contributed by atoms with Gasteiger partial charge in [0.1, 0.15) is 0 Å². The van der Waals surface area contributed by atoms with Crippen LogP contribution in [0.25, 0.3) is 11.4 Å². The van der Waals surface area contributed by atoms with Crippen molar-refractivity contribution in [1.29, 1.82) is 0 Å². The van der Waals surface area contributed by atoms with E-state index in [9.17, 15) is 13.2 Å². The minimum atomic E-state index is -3.59. The molecular formula is C21H33N5O4S2. The number of rotatable bonds is 13. The third-order valence-electron chi connectivity index (χ3n) is 4.66. The predicted octanol–water partition coefficient (Wildman–Crippen LogP) is 2.49. The highest BCUT2D eigenvalue weighted by atomic mass is 32.2. The van der Waals surface area contributed by atoms with Crippen molar-refractivity contribution in [2.75, 3.05) is 39.1 Å². The van der Waals surface area contributed by atoms with Crippen molar-refractivity contribution in [3.63, 3.8) is 0 Å². The molecule has 0 radical (unpaired) electrons. The lowest BCUT2D eigenvalue weighted by molar-refractivity contribution is -0.118. The highest BCUT2D eigenvalue weighted by Crippen LogP contribution is 2.27. The summed E-state index contributed by atoms with van der Waals surface area (Å²) in [5, 5.41) is 12.0. The number of amides is 1. The second-order valence-corrected chi connectivity index (χ2v) is 10.4. The molecule has 1 amide bonds. The zero-order chi connectivity index (χ0) is 23.7. The Kier molecular flexibility index (Phi) is 10.1. The lowest BCUT2D eigenvalue weighted by Crippen LogP contribution is -2.30. The maximum atomic E-state index is 13.0. The van der Waals surface area contributed by atoms with E-state index in [2.05, 4.69) is 29.4 Å². The molecule has 0 unspecified atom stereocenters. The Balaban J connectivity index is 2.33. The molecule has 178 valence electrons. The van der Waals surface area contributed by atoms with Gasteiger partial charge in [0.2, 0.25) is 15.9 Å². The number of thioether (sulfide) groups is 1. The largest absolute Gasteiger partial charge is 0.383 e. The lowest BCUT2D eigenvalue weighted by Gasteiger charge is -2.19. The molecular weight excluding hydrogens is 450 g/mol. The Bertz CT molecular complexity index is 988. The van der Waals surface area contributed by atoms with Crippen LogP contribution in [0.2, 0.25) is 0 Å². The molecule has 2 rings (SSSR count).